The number of alkyl halides is 3. The van der Waals surface area contributed by atoms with E-state index in [1.807, 2.05) is 26.0 Å². The molecule has 10 heteroatoms. The van der Waals surface area contributed by atoms with E-state index in [4.69, 9.17) is 9.84 Å². The zero-order valence-electron chi connectivity index (χ0n) is 17.9. The third kappa shape index (κ3) is 4.84. The fraction of sp³-hybridized carbons (Fsp3) is 0.261. The van der Waals surface area contributed by atoms with Crippen LogP contribution in [0.5, 0.6) is 5.75 Å². The van der Waals surface area contributed by atoms with E-state index in [0.717, 1.165) is 23.0 Å². The number of rotatable bonds is 7. The number of benzene rings is 2. The zero-order chi connectivity index (χ0) is 23.8. The Hall–Kier alpha value is -3.82. The SMILES string of the molecule is CC(C)c1nn(-c2ccc(C(F)(F)F)cc2)nc1COc1ccc2c(ccn2CC(=O)O)c1. The summed E-state index contributed by atoms with van der Waals surface area (Å²) in [7, 11) is 0. The van der Waals surface area contributed by atoms with Crippen molar-refractivity contribution in [3.05, 3.63) is 71.7 Å². The first-order valence-electron chi connectivity index (χ1n) is 10.2. The molecule has 0 atom stereocenters. The molecule has 0 fully saturated rings. The average molecular weight is 458 g/mol. The number of hydrogen-bond acceptors (Lipinski definition) is 4. The molecule has 7 nitrogen and oxygen atoms in total. The summed E-state index contributed by atoms with van der Waals surface area (Å²) < 4.78 is 46.0. The third-order valence-electron chi connectivity index (χ3n) is 5.11. The highest BCUT2D eigenvalue weighted by Gasteiger charge is 2.30. The quantitative estimate of drug-likeness (QED) is 0.420. The molecule has 0 amide bonds. The Balaban J connectivity index is 1.54. The molecule has 0 unspecified atom stereocenters. The summed E-state index contributed by atoms with van der Waals surface area (Å²) >= 11 is 0. The Morgan fingerprint density at radius 3 is 2.45 bits per heavy atom. The summed E-state index contributed by atoms with van der Waals surface area (Å²) in [5, 5.41) is 18.7. The molecule has 0 radical (unpaired) electrons. The molecule has 4 aromatic rings. The molecule has 0 aliphatic heterocycles. The second kappa shape index (κ2) is 8.61. The van der Waals surface area contributed by atoms with Crippen molar-refractivity contribution in [2.75, 3.05) is 0 Å². The topological polar surface area (TPSA) is 82.2 Å². The lowest BCUT2D eigenvalue weighted by Gasteiger charge is -2.08. The Morgan fingerprint density at radius 2 is 1.82 bits per heavy atom. The van der Waals surface area contributed by atoms with Crippen LogP contribution in [0.2, 0.25) is 0 Å². The number of halogens is 3. The molecule has 0 saturated heterocycles. The molecule has 0 aliphatic carbocycles. The molecule has 2 heterocycles. The van der Waals surface area contributed by atoms with Gasteiger partial charge in [-0.05, 0) is 54.4 Å². The Morgan fingerprint density at radius 1 is 1.09 bits per heavy atom. The van der Waals surface area contributed by atoms with E-state index < -0.39 is 17.7 Å². The van der Waals surface area contributed by atoms with Gasteiger partial charge < -0.3 is 14.4 Å². The minimum absolute atomic E-state index is 0.0272. The number of hydrogen-bond donors (Lipinski definition) is 1. The van der Waals surface area contributed by atoms with Gasteiger partial charge in [-0.15, -0.1) is 5.10 Å². The normalized spacial score (nSPS) is 11.9. The number of carboxylic acids is 1. The predicted molar refractivity (Wildman–Crippen MR) is 114 cm³/mol. The molecule has 4 rings (SSSR count). The minimum Gasteiger partial charge on any atom is -0.487 e. The molecular formula is C23H21F3N4O3. The number of aliphatic carboxylic acids is 1. The van der Waals surface area contributed by atoms with Crippen molar-refractivity contribution in [2.45, 2.75) is 39.1 Å². The van der Waals surface area contributed by atoms with E-state index in [9.17, 15) is 18.0 Å². The lowest BCUT2D eigenvalue weighted by Crippen LogP contribution is -2.07. The predicted octanol–water partition coefficient (Wildman–Crippen LogP) is 5.03. The molecule has 0 bridgehead atoms. The first kappa shape index (κ1) is 22.4. The van der Waals surface area contributed by atoms with Crippen LogP contribution in [0.4, 0.5) is 13.2 Å². The van der Waals surface area contributed by atoms with Crippen LogP contribution >= 0.6 is 0 Å². The second-order valence-electron chi connectivity index (χ2n) is 7.87. The summed E-state index contributed by atoms with van der Waals surface area (Å²) in [6, 6.07) is 11.8. The van der Waals surface area contributed by atoms with E-state index in [1.165, 1.54) is 16.9 Å². The number of nitrogens with zero attached hydrogens (tertiary/aromatic N) is 4. The van der Waals surface area contributed by atoms with Gasteiger partial charge in [0.15, 0.2) is 0 Å². The van der Waals surface area contributed by atoms with Gasteiger partial charge >= 0.3 is 12.1 Å². The molecule has 1 N–H and O–H groups in total. The highest BCUT2D eigenvalue weighted by molar-refractivity contribution is 5.83. The van der Waals surface area contributed by atoms with Crippen LogP contribution in [0.3, 0.4) is 0 Å². The average Bonchev–Trinajstić information content (AvgIpc) is 3.36. The Bertz CT molecular complexity index is 1290. The fourth-order valence-corrected chi connectivity index (χ4v) is 3.50. The van der Waals surface area contributed by atoms with Gasteiger partial charge in [0.25, 0.3) is 0 Å². The Kier molecular flexibility index (Phi) is 5.84. The van der Waals surface area contributed by atoms with Crippen LogP contribution in [0, 0.1) is 0 Å². The van der Waals surface area contributed by atoms with Crippen molar-refractivity contribution in [3.63, 3.8) is 0 Å². The van der Waals surface area contributed by atoms with Gasteiger partial charge in [-0.1, -0.05) is 13.8 Å². The largest absolute Gasteiger partial charge is 0.487 e. The summed E-state index contributed by atoms with van der Waals surface area (Å²) in [6.07, 6.45) is -2.71. The standard InChI is InChI=1S/C23H21F3N4O3/c1-14(2)22-19(27-30(28-22)17-5-3-16(4-6-17)23(24,25)26)13-33-18-7-8-20-15(11-18)9-10-29(20)12-21(31)32/h3-11,14H,12-13H2,1-2H3,(H,31,32). The summed E-state index contributed by atoms with van der Waals surface area (Å²) in [4.78, 5) is 12.3. The van der Waals surface area contributed by atoms with Gasteiger partial charge in [-0.2, -0.15) is 23.1 Å². The van der Waals surface area contributed by atoms with Crippen LogP contribution in [0.15, 0.2) is 54.7 Å². The lowest BCUT2D eigenvalue weighted by atomic mass is 10.1. The number of carbonyl (C=O) groups is 1. The first-order chi connectivity index (χ1) is 15.6. The van der Waals surface area contributed by atoms with Crippen molar-refractivity contribution in [3.8, 4) is 11.4 Å². The van der Waals surface area contributed by atoms with Gasteiger partial charge in [-0.3, -0.25) is 4.79 Å². The molecule has 0 aliphatic rings. The maximum absolute atomic E-state index is 12.8. The second-order valence-corrected chi connectivity index (χ2v) is 7.87. The molecule has 172 valence electrons. The van der Waals surface area contributed by atoms with Gasteiger partial charge in [0.2, 0.25) is 0 Å². The van der Waals surface area contributed by atoms with Crippen LogP contribution < -0.4 is 4.74 Å². The van der Waals surface area contributed by atoms with Crippen LogP contribution in [0.25, 0.3) is 16.6 Å². The molecule has 33 heavy (non-hydrogen) atoms. The minimum atomic E-state index is -4.41. The van der Waals surface area contributed by atoms with E-state index >= 15 is 0 Å². The van der Waals surface area contributed by atoms with Crippen molar-refractivity contribution in [2.24, 2.45) is 0 Å². The lowest BCUT2D eigenvalue weighted by molar-refractivity contribution is -0.138. The van der Waals surface area contributed by atoms with Crippen LogP contribution in [-0.2, 0) is 24.1 Å². The van der Waals surface area contributed by atoms with Gasteiger partial charge in [0, 0.05) is 17.1 Å². The zero-order valence-corrected chi connectivity index (χ0v) is 17.9. The summed E-state index contributed by atoms with van der Waals surface area (Å²) in [6.45, 7) is 3.88. The van der Waals surface area contributed by atoms with Crippen molar-refractivity contribution in [1.29, 1.82) is 0 Å². The van der Waals surface area contributed by atoms with Crippen LogP contribution in [-0.4, -0.2) is 30.6 Å². The Labute approximate surface area is 187 Å². The van der Waals surface area contributed by atoms with Crippen molar-refractivity contribution < 1.29 is 27.8 Å². The molecular weight excluding hydrogens is 437 g/mol. The number of aromatic nitrogens is 4. The van der Waals surface area contributed by atoms with Gasteiger partial charge in [0.05, 0.1) is 16.9 Å². The van der Waals surface area contributed by atoms with Gasteiger partial charge in [-0.25, -0.2) is 0 Å². The number of carboxylic acid groups (broad SMARTS) is 1. The maximum atomic E-state index is 12.8. The van der Waals surface area contributed by atoms with E-state index in [1.54, 1.807) is 22.9 Å². The third-order valence-corrected chi connectivity index (χ3v) is 5.11. The van der Waals surface area contributed by atoms with E-state index in [-0.39, 0.29) is 19.1 Å². The summed E-state index contributed by atoms with van der Waals surface area (Å²) in [5.74, 6) is -0.320. The van der Waals surface area contributed by atoms with Crippen molar-refractivity contribution in [1.82, 2.24) is 19.6 Å². The monoisotopic (exact) mass is 458 g/mol. The smallest absolute Gasteiger partial charge is 0.416 e. The molecule has 0 spiro atoms. The van der Waals surface area contributed by atoms with Crippen molar-refractivity contribution >= 4 is 16.9 Å². The highest BCUT2D eigenvalue weighted by Crippen LogP contribution is 2.30. The van der Waals surface area contributed by atoms with E-state index in [0.29, 0.717) is 22.8 Å². The number of fused-ring (bicyclic) bond motifs is 1. The highest BCUT2D eigenvalue weighted by atomic mass is 19.4. The molecule has 2 aromatic carbocycles. The number of ether oxygens (including phenoxy) is 1. The van der Waals surface area contributed by atoms with E-state index in [2.05, 4.69) is 10.2 Å². The summed E-state index contributed by atoms with van der Waals surface area (Å²) in [5.41, 5.74) is 1.72. The maximum Gasteiger partial charge on any atom is 0.416 e. The molecule has 0 saturated carbocycles. The molecule has 2 aromatic heterocycles. The van der Waals surface area contributed by atoms with Crippen LogP contribution in [0.1, 0.15) is 36.7 Å². The van der Waals surface area contributed by atoms with Gasteiger partial charge in [0.1, 0.15) is 24.6 Å². The first-order valence-corrected chi connectivity index (χ1v) is 10.2. The fourth-order valence-electron chi connectivity index (χ4n) is 3.50.